The quantitative estimate of drug-likeness (QED) is 0.687. The van der Waals surface area contributed by atoms with Crippen molar-refractivity contribution in [3.05, 3.63) is 21.7 Å². The average Bonchev–Trinajstić information content (AvgIpc) is 2.20. The molecule has 0 spiro atoms. The fourth-order valence-electron chi connectivity index (χ4n) is 1.00. The number of aromatic nitrogens is 2. The van der Waals surface area contributed by atoms with Crippen LogP contribution in [0.3, 0.4) is 0 Å². The van der Waals surface area contributed by atoms with E-state index in [0.29, 0.717) is 12.4 Å². The first kappa shape index (κ1) is 11.0. The van der Waals surface area contributed by atoms with E-state index in [1.807, 2.05) is 6.92 Å². The molecule has 14 heavy (non-hydrogen) atoms. The third-order valence-electron chi connectivity index (χ3n) is 1.91. The Morgan fingerprint density at radius 1 is 1.79 bits per heavy atom. The second-order valence-corrected chi connectivity index (χ2v) is 3.26. The zero-order valence-corrected chi connectivity index (χ0v) is 8.64. The highest BCUT2D eigenvalue weighted by atomic mass is 35.5. The summed E-state index contributed by atoms with van der Waals surface area (Å²) in [5, 5.41) is 3.07. The molecular weight excluding hydrogens is 204 g/mol. The van der Waals surface area contributed by atoms with Gasteiger partial charge in [0.2, 0.25) is 0 Å². The molecule has 0 fully saturated rings. The van der Waals surface area contributed by atoms with Crippen LogP contribution in [0.25, 0.3) is 0 Å². The van der Waals surface area contributed by atoms with E-state index in [4.69, 9.17) is 17.3 Å². The van der Waals surface area contributed by atoms with E-state index in [1.54, 1.807) is 0 Å². The summed E-state index contributed by atoms with van der Waals surface area (Å²) in [6, 6.07) is 0.0850. The van der Waals surface area contributed by atoms with Crippen LogP contribution in [0, 0.1) is 0 Å². The topological polar surface area (TPSA) is 83.8 Å². The van der Waals surface area contributed by atoms with E-state index in [-0.39, 0.29) is 16.6 Å². The van der Waals surface area contributed by atoms with Gasteiger partial charge in [-0.15, -0.1) is 0 Å². The first-order valence-electron chi connectivity index (χ1n) is 4.38. The molecule has 1 rings (SSSR count). The Morgan fingerprint density at radius 3 is 3.07 bits per heavy atom. The molecule has 0 aromatic carbocycles. The molecule has 5 nitrogen and oxygen atoms in total. The minimum Gasteiger partial charge on any atom is -0.365 e. The molecule has 1 aromatic rings. The number of nitrogens with zero attached hydrogens (tertiary/aromatic N) is 1. The molecule has 78 valence electrons. The highest BCUT2D eigenvalue weighted by Crippen LogP contribution is 2.13. The Bertz CT molecular complexity index is 347. The van der Waals surface area contributed by atoms with Gasteiger partial charge in [-0.2, -0.15) is 0 Å². The molecule has 4 N–H and O–H groups in total. The lowest BCUT2D eigenvalue weighted by molar-refractivity contribution is 0.699. The minimum absolute atomic E-state index is 0.0689. The summed E-state index contributed by atoms with van der Waals surface area (Å²) >= 11 is 5.74. The van der Waals surface area contributed by atoms with Crippen molar-refractivity contribution in [1.29, 1.82) is 0 Å². The van der Waals surface area contributed by atoms with Crippen LogP contribution in [0.15, 0.2) is 11.1 Å². The van der Waals surface area contributed by atoms with Crippen LogP contribution in [-0.4, -0.2) is 22.6 Å². The summed E-state index contributed by atoms with van der Waals surface area (Å²) in [4.78, 5) is 17.4. The predicted molar refractivity (Wildman–Crippen MR) is 56.6 cm³/mol. The Hall–Kier alpha value is -1.07. The number of nitrogens with two attached hydrogens (primary N) is 1. The second-order valence-electron chi connectivity index (χ2n) is 2.88. The zero-order valence-electron chi connectivity index (χ0n) is 7.88. The van der Waals surface area contributed by atoms with Crippen LogP contribution in [0.4, 0.5) is 5.82 Å². The second kappa shape index (κ2) is 4.97. The fourth-order valence-corrected chi connectivity index (χ4v) is 1.16. The molecule has 1 unspecified atom stereocenters. The molecule has 0 radical (unpaired) electrons. The van der Waals surface area contributed by atoms with Crippen molar-refractivity contribution in [3.63, 3.8) is 0 Å². The van der Waals surface area contributed by atoms with Crippen molar-refractivity contribution in [2.75, 3.05) is 11.9 Å². The minimum atomic E-state index is -0.351. The lowest BCUT2D eigenvalue weighted by atomic mass is 10.2. The van der Waals surface area contributed by atoms with Gasteiger partial charge < -0.3 is 16.0 Å². The van der Waals surface area contributed by atoms with Gasteiger partial charge in [-0.05, 0) is 6.42 Å². The van der Waals surface area contributed by atoms with Crippen molar-refractivity contribution in [2.24, 2.45) is 5.73 Å². The normalized spacial score (nSPS) is 12.5. The van der Waals surface area contributed by atoms with E-state index in [9.17, 15) is 4.79 Å². The molecular formula is C8H13ClN4O. The highest BCUT2D eigenvalue weighted by Gasteiger charge is 2.09. The summed E-state index contributed by atoms with van der Waals surface area (Å²) in [6.45, 7) is 2.47. The Kier molecular flexibility index (Phi) is 3.91. The number of halogens is 1. The lowest BCUT2D eigenvalue weighted by Crippen LogP contribution is -2.29. The van der Waals surface area contributed by atoms with Gasteiger partial charge >= 0.3 is 0 Å². The molecule has 0 amide bonds. The lowest BCUT2D eigenvalue weighted by Gasteiger charge is -2.15. The van der Waals surface area contributed by atoms with Gasteiger partial charge in [-0.25, -0.2) is 4.98 Å². The summed E-state index contributed by atoms with van der Waals surface area (Å²) < 4.78 is 0. The Morgan fingerprint density at radius 2 is 2.50 bits per heavy atom. The number of aromatic amines is 1. The van der Waals surface area contributed by atoms with E-state index < -0.39 is 0 Å². The van der Waals surface area contributed by atoms with Crippen molar-refractivity contribution in [3.8, 4) is 0 Å². The molecule has 0 saturated heterocycles. The van der Waals surface area contributed by atoms with E-state index in [2.05, 4.69) is 15.3 Å². The summed E-state index contributed by atoms with van der Waals surface area (Å²) in [7, 11) is 0. The Labute approximate surface area is 86.7 Å². The number of nitrogens with one attached hydrogen (secondary N) is 2. The third kappa shape index (κ3) is 2.46. The molecule has 0 saturated carbocycles. The smallest absolute Gasteiger partial charge is 0.271 e. The molecule has 0 bridgehead atoms. The fraction of sp³-hybridized carbons (Fsp3) is 0.500. The molecule has 6 heteroatoms. The van der Waals surface area contributed by atoms with Crippen LogP contribution in [0.5, 0.6) is 0 Å². The third-order valence-corrected chi connectivity index (χ3v) is 2.27. The van der Waals surface area contributed by atoms with Crippen LogP contribution < -0.4 is 16.6 Å². The Balaban J connectivity index is 2.86. The van der Waals surface area contributed by atoms with Gasteiger partial charge in [0.05, 0.1) is 6.33 Å². The molecule has 1 heterocycles. The maximum Gasteiger partial charge on any atom is 0.271 e. The van der Waals surface area contributed by atoms with Gasteiger partial charge in [-0.3, -0.25) is 4.79 Å². The number of hydrogen-bond acceptors (Lipinski definition) is 4. The number of H-pyrrole nitrogens is 1. The average molecular weight is 217 g/mol. The highest BCUT2D eigenvalue weighted by molar-refractivity contribution is 6.32. The van der Waals surface area contributed by atoms with E-state index in [1.165, 1.54) is 6.33 Å². The number of rotatable bonds is 4. The van der Waals surface area contributed by atoms with Gasteiger partial charge in [0, 0.05) is 12.6 Å². The van der Waals surface area contributed by atoms with Crippen molar-refractivity contribution in [2.45, 2.75) is 19.4 Å². The SMILES string of the molecule is CCC(CN)Nc1nc[nH]c(=O)c1Cl. The van der Waals surface area contributed by atoms with Crippen LogP contribution in [0.2, 0.25) is 5.02 Å². The largest absolute Gasteiger partial charge is 0.365 e. The zero-order chi connectivity index (χ0) is 10.6. The maximum atomic E-state index is 11.1. The monoisotopic (exact) mass is 216 g/mol. The van der Waals surface area contributed by atoms with Crippen molar-refractivity contribution < 1.29 is 0 Å². The van der Waals surface area contributed by atoms with Crippen molar-refractivity contribution in [1.82, 2.24) is 9.97 Å². The molecule has 0 aliphatic rings. The van der Waals surface area contributed by atoms with Crippen molar-refractivity contribution >= 4 is 17.4 Å². The number of anilines is 1. The maximum absolute atomic E-state index is 11.1. The van der Waals surface area contributed by atoms with Gasteiger partial charge in [0.25, 0.3) is 5.56 Å². The first-order chi connectivity index (χ1) is 6.69. The molecule has 0 aliphatic carbocycles. The molecule has 1 aromatic heterocycles. The predicted octanol–water partition coefficient (Wildman–Crippen LogP) is 0.573. The van der Waals surface area contributed by atoms with Gasteiger partial charge in [0.1, 0.15) is 5.02 Å². The number of hydrogen-bond donors (Lipinski definition) is 3. The summed E-state index contributed by atoms with van der Waals surface area (Å²) in [5.74, 6) is 0.382. The first-order valence-corrected chi connectivity index (χ1v) is 4.76. The van der Waals surface area contributed by atoms with E-state index >= 15 is 0 Å². The molecule has 1 atom stereocenters. The standard InChI is InChI=1S/C8H13ClN4O/c1-2-5(3-10)13-7-6(9)8(14)12-4-11-7/h4-5H,2-3,10H2,1H3,(H2,11,12,13,14). The molecule has 0 aliphatic heterocycles. The van der Waals surface area contributed by atoms with E-state index in [0.717, 1.165) is 6.42 Å². The van der Waals surface area contributed by atoms with Crippen LogP contribution in [-0.2, 0) is 0 Å². The summed E-state index contributed by atoms with van der Waals surface area (Å²) in [5.41, 5.74) is 5.15. The summed E-state index contributed by atoms with van der Waals surface area (Å²) in [6.07, 6.45) is 2.15. The van der Waals surface area contributed by atoms with Gasteiger partial charge in [0.15, 0.2) is 5.82 Å². The van der Waals surface area contributed by atoms with Crippen LogP contribution in [0.1, 0.15) is 13.3 Å². The van der Waals surface area contributed by atoms with Crippen LogP contribution >= 0.6 is 11.6 Å². The van der Waals surface area contributed by atoms with Gasteiger partial charge in [-0.1, -0.05) is 18.5 Å².